The molecular formula is C32H28FN5O6S. The van der Waals surface area contributed by atoms with Crippen molar-refractivity contribution < 1.29 is 33.1 Å². The van der Waals surface area contributed by atoms with E-state index in [1.54, 1.807) is 42.8 Å². The predicted octanol–water partition coefficient (Wildman–Crippen LogP) is 6.10. The van der Waals surface area contributed by atoms with Crippen molar-refractivity contribution in [3.8, 4) is 28.4 Å². The van der Waals surface area contributed by atoms with Gasteiger partial charge in [-0.3, -0.25) is 4.79 Å². The van der Waals surface area contributed by atoms with Crippen LogP contribution in [0.2, 0.25) is 0 Å². The normalized spacial score (nSPS) is 15.7. The number of halogens is 1. The molecule has 0 fully saturated rings. The lowest BCUT2D eigenvalue weighted by molar-refractivity contribution is -0.117. The number of rotatable bonds is 10. The molecule has 1 amide bonds. The van der Waals surface area contributed by atoms with Crippen LogP contribution in [0.25, 0.3) is 11.1 Å². The lowest BCUT2D eigenvalue weighted by Crippen LogP contribution is -2.47. The summed E-state index contributed by atoms with van der Waals surface area (Å²) in [6.45, 7) is 4.28. The van der Waals surface area contributed by atoms with Gasteiger partial charge in [-0.05, 0) is 73.4 Å². The third-order valence-electron chi connectivity index (χ3n) is 7.40. The van der Waals surface area contributed by atoms with Crippen molar-refractivity contribution in [2.75, 3.05) is 11.9 Å². The van der Waals surface area contributed by atoms with Crippen LogP contribution >= 0.6 is 11.3 Å². The van der Waals surface area contributed by atoms with Crippen molar-refractivity contribution >= 4 is 28.3 Å². The summed E-state index contributed by atoms with van der Waals surface area (Å²) in [5, 5.41) is 21.6. The smallest absolute Gasteiger partial charge is 0.335 e. The molecule has 45 heavy (non-hydrogen) atoms. The van der Waals surface area contributed by atoms with Crippen molar-refractivity contribution in [2.45, 2.75) is 38.8 Å². The number of anilines is 1. The minimum atomic E-state index is -1.06. The Bertz CT molecular complexity index is 1860. The van der Waals surface area contributed by atoms with E-state index in [4.69, 9.17) is 19.1 Å². The summed E-state index contributed by atoms with van der Waals surface area (Å²) in [5.41, 5.74) is 1.98. The number of carboxylic acids is 1. The van der Waals surface area contributed by atoms with E-state index < -0.39 is 17.3 Å². The molecule has 3 aromatic carbocycles. The molecule has 13 heteroatoms. The molecule has 0 radical (unpaired) electrons. The van der Waals surface area contributed by atoms with E-state index in [1.807, 2.05) is 19.1 Å². The van der Waals surface area contributed by atoms with Crippen molar-refractivity contribution in [1.82, 2.24) is 20.4 Å². The van der Waals surface area contributed by atoms with E-state index in [-0.39, 0.29) is 41.7 Å². The van der Waals surface area contributed by atoms with Crippen LogP contribution in [-0.4, -0.2) is 38.7 Å². The Balaban J connectivity index is 1.31. The van der Waals surface area contributed by atoms with Gasteiger partial charge in [0, 0.05) is 41.7 Å². The van der Waals surface area contributed by atoms with Crippen molar-refractivity contribution in [1.29, 1.82) is 0 Å². The molecule has 3 N–H and O–H groups in total. The van der Waals surface area contributed by atoms with Crippen LogP contribution in [0.4, 0.5) is 9.52 Å². The molecule has 6 rings (SSSR count). The number of aryl methyl sites for hydroxylation is 1. The second kappa shape index (κ2) is 12.5. The number of fused-ring (bicyclic) bond motifs is 1. The van der Waals surface area contributed by atoms with Crippen molar-refractivity contribution in [2.24, 2.45) is 0 Å². The summed E-state index contributed by atoms with van der Waals surface area (Å²) in [6, 6.07) is 14.1. The summed E-state index contributed by atoms with van der Waals surface area (Å²) in [5.74, 6) is -0.155. The largest absolute Gasteiger partial charge is 0.480 e. The van der Waals surface area contributed by atoms with E-state index in [0.29, 0.717) is 41.0 Å². The minimum Gasteiger partial charge on any atom is -0.480 e. The molecule has 0 spiro atoms. The number of nitrogens with one attached hydrogen (secondary N) is 2. The highest BCUT2D eigenvalue weighted by Gasteiger charge is 2.35. The van der Waals surface area contributed by atoms with Crippen molar-refractivity contribution in [3.63, 3.8) is 0 Å². The summed E-state index contributed by atoms with van der Waals surface area (Å²) in [4.78, 5) is 32.5. The van der Waals surface area contributed by atoms with Gasteiger partial charge in [0.2, 0.25) is 5.91 Å². The van der Waals surface area contributed by atoms with E-state index in [2.05, 4.69) is 25.8 Å². The summed E-state index contributed by atoms with van der Waals surface area (Å²) in [6.07, 6.45) is 2.44. The first kappa shape index (κ1) is 29.9. The average Bonchev–Trinajstić information content (AvgIpc) is 3.68. The first-order valence-corrected chi connectivity index (χ1v) is 14.9. The van der Waals surface area contributed by atoms with Gasteiger partial charge in [-0.25, -0.2) is 14.2 Å². The average molecular weight is 630 g/mol. The fourth-order valence-electron chi connectivity index (χ4n) is 5.26. The lowest BCUT2D eigenvalue weighted by Gasteiger charge is -2.37. The van der Waals surface area contributed by atoms with E-state index in [0.717, 1.165) is 11.1 Å². The molecule has 0 aliphatic carbocycles. The van der Waals surface area contributed by atoms with Crippen molar-refractivity contribution in [3.05, 3.63) is 100 Å². The van der Waals surface area contributed by atoms with Gasteiger partial charge >= 0.3 is 5.97 Å². The molecule has 0 bridgehead atoms. The number of hydrogen-bond acceptors (Lipinski definition) is 10. The predicted molar refractivity (Wildman–Crippen MR) is 163 cm³/mol. The van der Waals surface area contributed by atoms with Crippen LogP contribution in [0.5, 0.6) is 17.2 Å². The van der Waals surface area contributed by atoms with Gasteiger partial charge in [0.25, 0.3) is 5.89 Å². The van der Waals surface area contributed by atoms with Crippen LogP contribution in [0.15, 0.2) is 70.7 Å². The molecule has 0 saturated heterocycles. The van der Waals surface area contributed by atoms with Gasteiger partial charge in [-0.2, -0.15) is 4.98 Å². The third-order valence-corrected chi connectivity index (χ3v) is 8.09. The Labute approximate surface area is 261 Å². The Morgan fingerprint density at radius 1 is 1.16 bits per heavy atom. The summed E-state index contributed by atoms with van der Waals surface area (Å²) >= 11 is 1.34. The fourth-order valence-corrected chi connectivity index (χ4v) is 5.81. The Morgan fingerprint density at radius 3 is 2.67 bits per heavy atom. The number of carbonyl (C=O) groups excluding carboxylic acids is 1. The lowest BCUT2D eigenvalue weighted by atomic mass is 9.81. The van der Waals surface area contributed by atoms with Crippen LogP contribution in [0.3, 0.4) is 0 Å². The molecule has 230 valence electrons. The number of amides is 1. The number of hydrogen-bond donors (Lipinski definition) is 3. The number of benzene rings is 3. The highest BCUT2D eigenvalue weighted by atomic mass is 32.1. The first-order valence-electron chi connectivity index (χ1n) is 14.0. The number of ether oxygens (including phenoxy) is 2. The number of aromatic nitrogens is 3. The Hall–Kier alpha value is -5.14. The molecule has 3 heterocycles. The monoisotopic (exact) mass is 629 g/mol. The number of carboxylic acid groups (broad SMARTS) is 1. The molecule has 11 nitrogen and oxygen atoms in total. The molecule has 1 atom stereocenters. The zero-order valence-corrected chi connectivity index (χ0v) is 25.1. The van der Waals surface area contributed by atoms with Crippen LogP contribution in [-0.2, 0) is 23.4 Å². The maximum atomic E-state index is 15.4. The minimum absolute atomic E-state index is 0.0125. The second-order valence-electron chi connectivity index (χ2n) is 10.7. The number of aromatic carboxylic acids is 1. The fraction of sp³-hybridized carbons (Fsp3) is 0.219. The number of carbonyl (C=O) groups is 2. The molecule has 0 saturated carbocycles. The van der Waals surface area contributed by atoms with Gasteiger partial charge in [-0.15, -0.1) is 11.3 Å². The highest BCUT2D eigenvalue weighted by Crippen LogP contribution is 2.42. The van der Waals surface area contributed by atoms with Crippen LogP contribution < -0.4 is 20.1 Å². The molecular weight excluding hydrogens is 601 g/mol. The molecule has 2 aromatic heterocycles. The first-order chi connectivity index (χ1) is 21.7. The van der Waals surface area contributed by atoms with E-state index >= 15 is 4.39 Å². The van der Waals surface area contributed by atoms with E-state index in [9.17, 15) is 9.59 Å². The van der Waals surface area contributed by atoms with Gasteiger partial charge < -0.3 is 29.7 Å². The van der Waals surface area contributed by atoms with Gasteiger partial charge in [0.05, 0.1) is 5.56 Å². The summed E-state index contributed by atoms with van der Waals surface area (Å²) in [7, 11) is 0. The van der Waals surface area contributed by atoms with Gasteiger partial charge in [-0.1, -0.05) is 17.3 Å². The Morgan fingerprint density at radius 2 is 1.98 bits per heavy atom. The van der Waals surface area contributed by atoms with Crippen LogP contribution in [0.1, 0.15) is 46.5 Å². The number of thiazole rings is 1. The van der Waals surface area contributed by atoms with Gasteiger partial charge in [0.15, 0.2) is 29.1 Å². The Kier molecular flexibility index (Phi) is 8.28. The SMILES string of the molecule is Cc1noc(COc2cc3c(cc2Oc2ccc(-c4ccc(C(=O)O)cc4)c(F)c2)[C@@](C)(CC(=O)Nc2nccs2)NCC3)n1. The van der Waals surface area contributed by atoms with Crippen LogP contribution in [0, 0.1) is 12.7 Å². The quantitative estimate of drug-likeness (QED) is 0.165. The topological polar surface area (TPSA) is 149 Å². The second-order valence-corrected chi connectivity index (χ2v) is 11.6. The highest BCUT2D eigenvalue weighted by molar-refractivity contribution is 7.13. The molecule has 5 aromatic rings. The maximum Gasteiger partial charge on any atom is 0.335 e. The number of nitrogens with zero attached hydrogens (tertiary/aromatic N) is 3. The zero-order valence-electron chi connectivity index (χ0n) is 24.3. The third kappa shape index (κ3) is 6.69. The standard InChI is InChI=1S/C32H28FN5O6S/c1-18-36-29(44-38-18)17-42-26-13-21-9-10-35-32(2,16-28(39)37-31-34-11-12-45-31)24(21)15-27(26)43-22-7-8-23(25(33)14-22)19-3-5-20(6-4-19)30(40)41/h3-8,11-15,35H,9-10,16-17H2,1-2H3,(H,40,41)(H,34,37,39)/t32-/m1/s1. The molecule has 1 aliphatic rings. The van der Waals surface area contributed by atoms with E-state index in [1.165, 1.54) is 29.5 Å². The van der Waals surface area contributed by atoms with Gasteiger partial charge in [0.1, 0.15) is 11.6 Å². The molecule has 0 unspecified atom stereocenters. The zero-order chi connectivity index (χ0) is 31.6. The summed E-state index contributed by atoms with van der Waals surface area (Å²) < 4.78 is 32.9. The maximum absolute atomic E-state index is 15.4. The molecule has 1 aliphatic heterocycles.